The molecule has 15 heavy (non-hydrogen) atoms. The van der Waals surface area contributed by atoms with Gasteiger partial charge in [-0.3, -0.25) is 0 Å². The summed E-state index contributed by atoms with van der Waals surface area (Å²) in [6.07, 6.45) is -2.23. The number of benzene rings is 1. The van der Waals surface area contributed by atoms with E-state index >= 15 is 0 Å². The number of rotatable bonds is 4. The van der Waals surface area contributed by atoms with Crippen LogP contribution in [0.3, 0.4) is 0 Å². The van der Waals surface area contributed by atoms with Gasteiger partial charge in [0.25, 0.3) is 6.43 Å². The van der Waals surface area contributed by atoms with Crippen LogP contribution in [0.2, 0.25) is 0 Å². The van der Waals surface area contributed by atoms with Gasteiger partial charge < -0.3 is 9.84 Å². The summed E-state index contributed by atoms with van der Waals surface area (Å²) in [5.41, 5.74) is 0.197. The Bertz CT molecular complexity index is 337. The van der Waals surface area contributed by atoms with Gasteiger partial charge in [-0.2, -0.15) is 0 Å². The number of hydrogen-bond acceptors (Lipinski definition) is 2. The van der Waals surface area contributed by atoms with Crippen LogP contribution in [0.15, 0.2) is 24.3 Å². The van der Waals surface area contributed by atoms with E-state index in [1.807, 2.05) is 0 Å². The molecule has 0 heterocycles. The standard InChI is InChI=1S/C11H12F2O2/c12-11(13)10(14)7-2-1-3-9(6-7)15-8-4-5-8/h1-3,6,8,10-11,14H,4-5H2. The van der Waals surface area contributed by atoms with Crippen molar-refractivity contribution in [1.29, 1.82) is 0 Å². The second kappa shape index (κ2) is 4.14. The highest BCUT2D eigenvalue weighted by molar-refractivity contribution is 5.30. The Balaban J connectivity index is 2.10. The highest BCUT2D eigenvalue weighted by atomic mass is 19.3. The number of ether oxygens (including phenoxy) is 1. The second-order valence-electron chi connectivity index (χ2n) is 3.67. The van der Waals surface area contributed by atoms with E-state index in [1.165, 1.54) is 12.1 Å². The molecule has 0 saturated heterocycles. The van der Waals surface area contributed by atoms with Crippen molar-refractivity contribution in [3.63, 3.8) is 0 Å². The average Bonchev–Trinajstić information content (AvgIpc) is 3.01. The van der Waals surface area contributed by atoms with Crippen LogP contribution in [0.4, 0.5) is 8.78 Å². The lowest BCUT2D eigenvalue weighted by Crippen LogP contribution is -2.08. The predicted molar refractivity (Wildman–Crippen MR) is 51.1 cm³/mol. The van der Waals surface area contributed by atoms with Crippen LogP contribution in [0, 0.1) is 0 Å². The molecule has 0 aromatic heterocycles. The maximum Gasteiger partial charge on any atom is 0.268 e. The zero-order valence-corrected chi connectivity index (χ0v) is 8.07. The van der Waals surface area contributed by atoms with Gasteiger partial charge >= 0.3 is 0 Å². The molecular formula is C11H12F2O2. The average molecular weight is 214 g/mol. The van der Waals surface area contributed by atoms with Crippen molar-refractivity contribution < 1.29 is 18.6 Å². The summed E-state index contributed by atoms with van der Waals surface area (Å²) in [7, 11) is 0. The lowest BCUT2D eigenvalue weighted by molar-refractivity contribution is -0.00589. The van der Waals surface area contributed by atoms with Gasteiger partial charge in [0.15, 0.2) is 0 Å². The van der Waals surface area contributed by atoms with Crippen LogP contribution < -0.4 is 4.74 Å². The van der Waals surface area contributed by atoms with Gasteiger partial charge in [-0.05, 0) is 30.5 Å². The lowest BCUT2D eigenvalue weighted by Gasteiger charge is -2.11. The normalized spacial score (nSPS) is 17.9. The van der Waals surface area contributed by atoms with Crippen LogP contribution in [0.25, 0.3) is 0 Å². The minimum absolute atomic E-state index is 0.197. The minimum atomic E-state index is -2.76. The molecule has 1 aromatic carbocycles. The van der Waals surface area contributed by atoms with E-state index in [4.69, 9.17) is 9.84 Å². The van der Waals surface area contributed by atoms with E-state index in [1.54, 1.807) is 12.1 Å². The Kier molecular flexibility index (Phi) is 2.86. The molecule has 82 valence electrons. The summed E-state index contributed by atoms with van der Waals surface area (Å²) >= 11 is 0. The lowest BCUT2D eigenvalue weighted by atomic mass is 10.1. The predicted octanol–water partition coefficient (Wildman–Crippen LogP) is 2.53. The van der Waals surface area contributed by atoms with Gasteiger partial charge in [0.1, 0.15) is 11.9 Å². The first-order chi connectivity index (χ1) is 7.16. The van der Waals surface area contributed by atoms with Crippen molar-refractivity contribution in [3.8, 4) is 5.75 Å². The molecule has 1 aliphatic carbocycles. The summed E-state index contributed by atoms with van der Waals surface area (Å²) in [6.45, 7) is 0. The van der Waals surface area contributed by atoms with E-state index in [-0.39, 0.29) is 11.7 Å². The van der Waals surface area contributed by atoms with Crippen LogP contribution in [-0.4, -0.2) is 17.6 Å². The first kappa shape index (κ1) is 10.4. The molecule has 1 unspecified atom stereocenters. The fourth-order valence-electron chi connectivity index (χ4n) is 1.30. The molecule has 0 amide bonds. The maximum atomic E-state index is 12.2. The monoisotopic (exact) mass is 214 g/mol. The van der Waals surface area contributed by atoms with Crippen LogP contribution in [0.1, 0.15) is 24.5 Å². The molecule has 0 bridgehead atoms. The third-order valence-corrected chi connectivity index (χ3v) is 2.27. The van der Waals surface area contributed by atoms with Crippen molar-refractivity contribution >= 4 is 0 Å². The topological polar surface area (TPSA) is 29.5 Å². The zero-order valence-electron chi connectivity index (χ0n) is 8.07. The van der Waals surface area contributed by atoms with E-state index in [0.717, 1.165) is 12.8 Å². The fourth-order valence-corrected chi connectivity index (χ4v) is 1.30. The summed E-state index contributed by atoms with van der Waals surface area (Å²) < 4.78 is 29.9. The Labute approximate surface area is 86.5 Å². The number of alkyl halides is 2. The van der Waals surface area contributed by atoms with Crippen LogP contribution in [-0.2, 0) is 0 Å². The molecule has 1 saturated carbocycles. The van der Waals surface area contributed by atoms with Crippen molar-refractivity contribution in [2.24, 2.45) is 0 Å². The molecule has 0 spiro atoms. The molecule has 0 radical (unpaired) electrons. The Morgan fingerprint density at radius 2 is 2.07 bits per heavy atom. The molecule has 0 aliphatic heterocycles. The number of aliphatic hydroxyl groups excluding tert-OH is 1. The van der Waals surface area contributed by atoms with Crippen molar-refractivity contribution in [1.82, 2.24) is 0 Å². The molecule has 1 aliphatic rings. The molecule has 1 aromatic rings. The number of hydrogen-bond donors (Lipinski definition) is 1. The van der Waals surface area contributed by atoms with Gasteiger partial charge in [-0.1, -0.05) is 12.1 Å². The quantitative estimate of drug-likeness (QED) is 0.834. The Hall–Kier alpha value is -1.16. The molecule has 1 atom stereocenters. The molecule has 2 rings (SSSR count). The Morgan fingerprint density at radius 1 is 1.33 bits per heavy atom. The van der Waals surface area contributed by atoms with Crippen molar-refractivity contribution in [3.05, 3.63) is 29.8 Å². The highest BCUT2D eigenvalue weighted by Crippen LogP contribution is 2.29. The van der Waals surface area contributed by atoms with E-state index in [2.05, 4.69) is 0 Å². The number of aliphatic hydroxyl groups is 1. The third-order valence-electron chi connectivity index (χ3n) is 2.27. The van der Waals surface area contributed by atoms with E-state index in [9.17, 15) is 8.78 Å². The smallest absolute Gasteiger partial charge is 0.268 e. The molecule has 1 N–H and O–H groups in total. The van der Waals surface area contributed by atoms with E-state index in [0.29, 0.717) is 5.75 Å². The highest BCUT2D eigenvalue weighted by Gasteiger charge is 2.24. The third kappa shape index (κ3) is 2.65. The Morgan fingerprint density at radius 3 is 2.67 bits per heavy atom. The van der Waals surface area contributed by atoms with Gasteiger partial charge in [0.05, 0.1) is 6.10 Å². The maximum absolute atomic E-state index is 12.2. The summed E-state index contributed by atoms with van der Waals surface area (Å²) in [5.74, 6) is 0.551. The van der Waals surface area contributed by atoms with Gasteiger partial charge in [0.2, 0.25) is 0 Å². The first-order valence-corrected chi connectivity index (χ1v) is 4.89. The minimum Gasteiger partial charge on any atom is -0.490 e. The fraction of sp³-hybridized carbons (Fsp3) is 0.455. The first-order valence-electron chi connectivity index (χ1n) is 4.89. The molecular weight excluding hydrogens is 202 g/mol. The zero-order chi connectivity index (χ0) is 10.8. The second-order valence-corrected chi connectivity index (χ2v) is 3.67. The van der Waals surface area contributed by atoms with Crippen LogP contribution >= 0.6 is 0 Å². The van der Waals surface area contributed by atoms with Gasteiger partial charge in [-0.25, -0.2) is 8.78 Å². The summed E-state index contributed by atoms with van der Waals surface area (Å²) in [4.78, 5) is 0. The summed E-state index contributed by atoms with van der Waals surface area (Å²) in [5, 5.41) is 9.17. The van der Waals surface area contributed by atoms with Crippen molar-refractivity contribution in [2.75, 3.05) is 0 Å². The van der Waals surface area contributed by atoms with Gasteiger partial charge in [0, 0.05) is 0 Å². The molecule has 4 heteroatoms. The molecule has 2 nitrogen and oxygen atoms in total. The largest absolute Gasteiger partial charge is 0.490 e. The molecule has 1 fully saturated rings. The number of halogens is 2. The van der Waals surface area contributed by atoms with Gasteiger partial charge in [-0.15, -0.1) is 0 Å². The van der Waals surface area contributed by atoms with Crippen molar-refractivity contribution in [2.45, 2.75) is 31.5 Å². The SMILES string of the molecule is OC(c1cccc(OC2CC2)c1)C(F)F. The van der Waals surface area contributed by atoms with Crippen LogP contribution in [0.5, 0.6) is 5.75 Å². The van der Waals surface area contributed by atoms with E-state index < -0.39 is 12.5 Å². The summed E-state index contributed by atoms with van der Waals surface area (Å²) in [6, 6.07) is 6.25.